The van der Waals surface area contributed by atoms with Crippen molar-refractivity contribution in [3.05, 3.63) is 82.7 Å². The van der Waals surface area contributed by atoms with Crippen LogP contribution in [0.4, 0.5) is 18.9 Å². The van der Waals surface area contributed by atoms with Gasteiger partial charge in [-0.15, -0.1) is 11.3 Å². The predicted octanol–water partition coefficient (Wildman–Crippen LogP) is 6.30. The van der Waals surface area contributed by atoms with Crippen molar-refractivity contribution < 1.29 is 36.2 Å². The summed E-state index contributed by atoms with van der Waals surface area (Å²) < 4.78 is 74.1. The van der Waals surface area contributed by atoms with E-state index in [-0.39, 0.29) is 34.7 Å². The van der Waals surface area contributed by atoms with Crippen molar-refractivity contribution in [3.8, 4) is 5.75 Å². The Kier molecular flexibility index (Phi) is 8.47. The Bertz CT molecular complexity index is 1320. The number of anilines is 1. The molecule has 2 aromatic carbocycles. The first-order valence-electron chi connectivity index (χ1n) is 10.8. The molecule has 0 saturated heterocycles. The van der Waals surface area contributed by atoms with E-state index < -0.39 is 27.7 Å². The molecule has 0 aliphatic heterocycles. The van der Waals surface area contributed by atoms with Crippen LogP contribution in [-0.2, 0) is 27.6 Å². The fourth-order valence-electron chi connectivity index (χ4n) is 3.24. The summed E-state index contributed by atoms with van der Waals surface area (Å²) in [6, 6.07) is 12.3. The Morgan fingerprint density at radius 2 is 1.83 bits per heavy atom. The smallest absolute Gasteiger partial charge is 0.416 e. The Morgan fingerprint density at radius 1 is 1.14 bits per heavy atom. The maximum Gasteiger partial charge on any atom is 0.416 e. The van der Waals surface area contributed by atoms with Crippen molar-refractivity contribution in [1.82, 2.24) is 0 Å². The number of benzene rings is 2. The molecule has 0 amide bonds. The lowest BCUT2D eigenvalue weighted by molar-refractivity contribution is -0.137. The van der Waals surface area contributed by atoms with Crippen molar-refractivity contribution in [3.63, 3.8) is 0 Å². The van der Waals surface area contributed by atoms with E-state index in [1.807, 2.05) is 13.8 Å². The van der Waals surface area contributed by atoms with Gasteiger partial charge in [0.05, 0.1) is 11.3 Å². The van der Waals surface area contributed by atoms with E-state index >= 15 is 0 Å². The van der Waals surface area contributed by atoms with Crippen LogP contribution in [0.5, 0.6) is 5.75 Å². The van der Waals surface area contributed by atoms with E-state index in [0.29, 0.717) is 11.1 Å². The first-order valence-corrected chi connectivity index (χ1v) is 13.1. The number of carboxylic acids is 1. The van der Waals surface area contributed by atoms with Gasteiger partial charge in [0, 0.05) is 12.6 Å². The van der Waals surface area contributed by atoms with Crippen molar-refractivity contribution in [2.24, 2.45) is 5.92 Å². The van der Waals surface area contributed by atoms with E-state index in [1.54, 1.807) is 35.7 Å². The molecule has 0 fully saturated rings. The zero-order valence-corrected chi connectivity index (χ0v) is 21.0. The lowest BCUT2D eigenvalue weighted by Gasteiger charge is -2.28. The van der Waals surface area contributed by atoms with Crippen LogP contribution >= 0.6 is 11.3 Å². The van der Waals surface area contributed by atoms with Crippen LogP contribution < -0.4 is 9.04 Å². The van der Waals surface area contributed by atoms with Crippen molar-refractivity contribution in [2.45, 2.75) is 30.8 Å². The molecule has 0 atom stereocenters. The summed E-state index contributed by atoms with van der Waals surface area (Å²) in [6.07, 6.45) is -2.26. The Balaban J connectivity index is 1.99. The number of halogens is 3. The number of thiophene rings is 1. The fraction of sp³-hybridized carbons (Fsp3) is 0.240. The van der Waals surface area contributed by atoms with Crippen LogP contribution in [-0.4, -0.2) is 26.0 Å². The maximum atomic E-state index is 13.5. The molecule has 6 nitrogen and oxygen atoms in total. The van der Waals surface area contributed by atoms with E-state index in [2.05, 4.69) is 0 Å². The standard InChI is InChI=1S/C25H24F3NO5S2/c1-17(2)15-29(36(32,33)24-4-3-13-35-24)21-11-10-20(25(26,27)28)14-22(21)34-16-19-7-5-18(6-8-19)9-12-23(30)31/h3-14,17H,15-16H2,1-2H3,(H,30,31)/b12-9+. The third kappa shape index (κ3) is 6.88. The van der Waals surface area contributed by atoms with Gasteiger partial charge >= 0.3 is 12.1 Å². The first-order chi connectivity index (χ1) is 16.9. The molecule has 0 unspecified atom stereocenters. The molecule has 0 spiro atoms. The third-order valence-corrected chi connectivity index (χ3v) is 8.07. The number of sulfonamides is 1. The summed E-state index contributed by atoms with van der Waals surface area (Å²) in [5, 5.41) is 10.3. The molecule has 36 heavy (non-hydrogen) atoms. The largest absolute Gasteiger partial charge is 0.487 e. The number of ether oxygens (including phenoxy) is 1. The highest BCUT2D eigenvalue weighted by molar-refractivity contribution is 7.94. The zero-order chi connectivity index (χ0) is 26.5. The van der Waals surface area contributed by atoms with Gasteiger partial charge in [0.15, 0.2) is 0 Å². The van der Waals surface area contributed by atoms with E-state index in [4.69, 9.17) is 9.84 Å². The molecule has 0 aliphatic rings. The molecular weight excluding hydrogens is 515 g/mol. The third-order valence-electron chi connectivity index (χ3n) is 4.92. The normalized spacial score (nSPS) is 12.3. The van der Waals surface area contributed by atoms with Gasteiger partial charge in [-0.2, -0.15) is 13.2 Å². The van der Waals surface area contributed by atoms with Crippen molar-refractivity contribution in [1.29, 1.82) is 0 Å². The number of aliphatic carboxylic acids is 1. The molecule has 192 valence electrons. The highest BCUT2D eigenvalue weighted by Gasteiger charge is 2.34. The first kappa shape index (κ1) is 27.3. The number of hydrogen-bond donors (Lipinski definition) is 1. The predicted molar refractivity (Wildman–Crippen MR) is 133 cm³/mol. The number of alkyl halides is 3. The number of hydrogen-bond acceptors (Lipinski definition) is 5. The number of nitrogens with zero attached hydrogens (tertiary/aromatic N) is 1. The summed E-state index contributed by atoms with van der Waals surface area (Å²) in [5.74, 6) is -1.44. The maximum absolute atomic E-state index is 13.5. The topological polar surface area (TPSA) is 83.9 Å². The molecule has 0 saturated carbocycles. The number of carbonyl (C=O) groups is 1. The van der Waals surface area contributed by atoms with Crippen LogP contribution in [0.3, 0.4) is 0 Å². The Morgan fingerprint density at radius 3 is 2.39 bits per heavy atom. The molecule has 1 N–H and O–H groups in total. The molecule has 3 aromatic rings. The molecule has 0 aliphatic carbocycles. The SMILES string of the molecule is CC(C)CN(c1ccc(C(F)(F)F)cc1OCc1ccc(/C=C/C(=O)O)cc1)S(=O)(=O)c1cccs1. The molecule has 1 aromatic heterocycles. The lowest BCUT2D eigenvalue weighted by Crippen LogP contribution is -2.34. The molecule has 11 heteroatoms. The fourth-order valence-corrected chi connectivity index (χ4v) is 5.99. The van der Waals surface area contributed by atoms with Gasteiger partial charge in [0.25, 0.3) is 10.0 Å². The van der Waals surface area contributed by atoms with Crippen LogP contribution in [0, 0.1) is 5.92 Å². The zero-order valence-electron chi connectivity index (χ0n) is 19.4. The van der Waals surface area contributed by atoms with Crippen LogP contribution in [0.1, 0.15) is 30.5 Å². The second-order valence-corrected chi connectivity index (χ2v) is 11.3. The summed E-state index contributed by atoms with van der Waals surface area (Å²) in [7, 11) is -4.04. The minimum atomic E-state index is -4.65. The Hall–Kier alpha value is -3.31. The van der Waals surface area contributed by atoms with Crippen molar-refractivity contribution >= 4 is 39.1 Å². The van der Waals surface area contributed by atoms with Gasteiger partial charge in [0.1, 0.15) is 16.6 Å². The van der Waals surface area contributed by atoms with E-state index in [1.165, 1.54) is 12.1 Å². The molecule has 1 heterocycles. The van der Waals surface area contributed by atoms with Crippen LogP contribution in [0.2, 0.25) is 0 Å². The van der Waals surface area contributed by atoms with E-state index in [9.17, 15) is 26.4 Å². The average Bonchev–Trinajstić information content (AvgIpc) is 3.36. The minimum Gasteiger partial charge on any atom is -0.487 e. The van der Waals surface area contributed by atoms with Crippen LogP contribution in [0.15, 0.2) is 70.3 Å². The van der Waals surface area contributed by atoms with Crippen LogP contribution in [0.25, 0.3) is 6.08 Å². The second-order valence-electron chi connectivity index (χ2n) is 8.24. The molecular formula is C25H24F3NO5S2. The second kappa shape index (κ2) is 11.2. The van der Waals surface area contributed by atoms with Gasteiger partial charge in [-0.05, 0) is 52.8 Å². The van der Waals surface area contributed by atoms with Gasteiger partial charge in [-0.25, -0.2) is 13.2 Å². The average molecular weight is 540 g/mol. The summed E-state index contributed by atoms with van der Waals surface area (Å²) in [4.78, 5) is 10.7. The summed E-state index contributed by atoms with van der Waals surface area (Å²) >= 11 is 1.02. The summed E-state index contributed by atoms with van der Waals surface area (Å²) in [5.41, 5.74) is 0.257. The highest BCUT2D eigenvalue weighted by Crippen LogP contribution is 2.39. The van der Waals surface area contributed by atoms with Gasteiger partial charge in [0.2, 0.25) is 0 Å². The Labute approximate surface area is 211 Å². The van der Waals surface area contributed by atoms with Crippen molar-refractivity contribution in [2.75, 3.05) is 10.8 Å². The lowest BCUT2D eigenvalue weighted by atomic mass is 10.1. The van der Waals surface area contributed by atoms with E-state index in [0.717, 1.165) is 39.9 Å². The number of rotatable bonds is 10. The number of carboxylic acid groups (broad SMARTS) is 1. The molecule has 0 bridgehead atoms. The quantitative estimate of drug-likeness (QED) is 0.306. The van der Waals surface area contributed by atoms with Gasteiger partial charge < -0.3 is 9.84 Å². The minimum absolute atomic E-state index is 0.00566. The molecule has 3 rings (SSSR count). The van der Waals surface area contributed by atoms with Gasteiger partial charge in [-0.3, -0.25) is 4.31 Å². The monoisotopic (exact) mass is 539 g/mol. The summed E-state index contributed by atoms with van der Waals surface area (Å²) in [6.45, 7) is 3.52. The highest BCUT2D eigenvalue weighted by atomic mass is 32.2. The van der Waals surface area contributed by atoms with Gasteiger partial charge in [-0.1, -0.05) is 44.2 Å². The molecule has 0 radical (unpaired) electrons.